The van der Waals surface area contributed by atoms with Gasteiger partial charge in [-0.2, -0.15) is 13.2 Å². The van der Waals surface area contributed by atoms with Crippen molar-refractivity contribution in [3.63, 3.8) is 0 Å². The molecule has 0 aliphatic carbocycles. The number of rotatable bonds is 6. The molecule has 1 aromatic carbocycles. The second kappa shape index (κ2) is 6.75. The molecule has 0 aliphatic heterocycles. The standard InChI is InChI=1S/C13H17F3O2/c1-18-9-10-5-2-3-6-11(10)12(17)7-4-8-13(14,15)16/h2-3,5-6,12,17H,4,7-9H2,1H3. The van der Waals surface area contributed by atoms with Crippen molar-refractivity contribution in [2.75, 3.05) is 7.11 Å². The van der Waals surface area contributed by atoms with Crippen LogP contribution in [-0.2, 0) is 11.3 Å². The highest BCUT2D eigenvalue weighted by Gasteiger charge is 2.26. The lowest BCUT2D eigenvalue weighted by Gasteiger charge is -2.15. The minimum Gasteiger partial charge on any atom is -0.388 e. The predicted molar refractivity (Wildman–Crippen MR) is 62.0 cm³/mol. The van der Waals surface area contributed by atoms with Crippen molar-refractivity contribution in [2.45, 2.75) is 38.1 Å². The molecule has 1 unspecified atom stereocenters. The Hall–Kier alpha value is -1.07. The molecule has 0 heterocycles. The quantitative estimate of drug-likeness (QED) is 0.848. The summed E-state index contributed by atoms with van der Waals surface area (Å²) in [6, 6.07) is 7.07. The predicted octanol–water partition coefficient (Wildman–Crippen LogP) is 3.60. The molecule has 1 rings (SSSR count). The molecule has 1 aromatic rings. The van der Waals surface area contributed by atoms with Gasteiger partial charge in [-0.15, -0.1) is 0 Å². The molecule has 0 radical (unpaired) electrons. The van der Waals surface area contributed by atoms with Crippen molar-refractivity contribution < 1.29 is 23.0 Å². The summed E-state index contributed by atoms with van der Waals surface area (Å²) < 4.78 is 41.0. The van der Waals surface area contributed by atoms with Crippen LogP contribution >= 0.6 is 0 Å². The van der Waals surface area contributed by atoms with E-state index in [1.54, 1.807) is 24.3 Å². The number of aliphatic hydroxyl groups is 1. The van der Waals surface area contributed by atoms with E-state index in [1.165, 1.54) is 7.11 Å². The van der Waals surface area contributed by atoms with E-state index in [4.69, 9.17) is 4.74 Å². The fourth-order valence-electron chi connectivity index (χ4n) is 1.80. The Morgan fingerprint density at radius 1 is 1.28 bits per heavy atom. The van der Waals surface area contributed by atoms with E-state index >= 15 is 0 Å². The maximum atomic E-state index is 12.0. The van der Waals surface area contributed by atoms with Gasteiger partial charge in [-0.05, 0) is 24.0 Å². The molecule has 1 atom stereocenters. The zero-order valence-electron chi connectivity index (χ0n) is 10.2. The number of aliphatic hydroxyl groups excluding tert-OH is 1. The molecule has 0 fully saturated rings. The van der Waals surface area contributed by atoms with Crippen molar-refractivity contribution in [2.24, 2.45) is 0 Å². The summed E-state index contributed by atoms with van der Waals surface area (Å²) in [7, 11) is 1.53. The van der Waals surface area contributed by atoms with Gasteiger partial charge in [0.15, 0.2) is 0 Å². The monoisotopic (exact) mass is 262 g/mol. The third-order valence-corrected chi connectivity index (χ3v) is 2.65. The lowest BCUT2D eigenvalue weighted by molar-refractivity contribution is -0.136. The molecule has 5 heteroatoms. The highest BCUT2D eigenvalue weighted by Crippen LogP contribution is 2.27. The SMILES string of the molecule is COCc1ccccc1C(O)CCCC(F)(F)F. The van der Waals surface area contributed by atoms with Gasteiger partial charge in [-0.3, -0.25) is 0 Å². The maximum absolute atomic E-state index is 12.0. The Morgan fingerprint density at radius 3 is 2.56 bits per heavy atom. The fourth-order valence-corrected chi connectivity index (χ4v) is 1.80. The average Bonchev–Trinajstić information content (AvgIpc) is 2.28. The summed E-state index contributed by atoms with van der Waals surface area (Å²) in [5, 5.41) is 9.90. The fraction of sp³-hybridized carbons (Fsp3) is 0.538. The summed E-state index contributed by atoms with van der Waals surface area (Å²) in [6.45, 7) is 0.340. The van der Waals surface area contributed by atoms with Crippen molar-refractivity contribution in [1.82, 2.24) is 0 Å². The first kappa shape index (κ1) is 15.0. The summed E-state index contributed by atoms with van der Waals surface area (Å²) >= 11 is 0. The van der Waals surface area contributed by atoms with Gasteiger partial charge in [0.1, 0.15) is 0 Å². The van der Waals surface area contributed by atoms with E-state index < -0.39 is 18.7 Å². The number of hydrogen-bond acceptors (Lipinski definition) is 2. The number of benzene rings is 1. The molecule has 0 saturated carbocycles. The summed E-state index contributed by atoms with van der Waals surface area (Å²) in [4.78, 5) is 0. The Balaban J connectivity index is 2.58. The van der Waals surface area contributed by atoms with Gasteiger partial charge in [0.2, 0.25) is 0 Å². The first-order chi connectivity index (χ1) is 8.44. The smallest absolute Gasteiger partial charge is 0.388 e. The van der Waals surface area contributed by atoms with Gasteiger partial charge in [-0.25, -0.2) is 0 Å². The molecule has 0 aromatic heterocycles. The first-order valence-corrected chi connectivity index (χ1v) is 5.75. The Bertz CT molecular complexity index is 363. The highest BCUT2D eigenvalue weighted by atomic mass is 19.4. The Kier molecular flexibility index (Phi) is 5.62. The molecule has 2 nitrogen and oxygen atoms in total. The topological polar surface area (TPSA) is 29.5 Å². The van der Waals surface area contributed by atoms with Gasteiger partial charge in [0.05, 0.1) is 12.7 Å². The summed E-state index contributed by atoms with van der Waals surface area (Å²) in [5.74, 6) is 0. The first-order valence-electron chi connectivity index (χ1n) is 5.75. The van der Waals surface area contributed by atoms with Crippen LogP contribution in [0.2, 0.25) is 0 Å². The van der Waals surface area contributed by atoms with Crippen LogP contribution < -0.4 is 0 Å². The van der Waals surface area contributed by atoms with Crippen molar-refractivity contribution in [1.29, 1.82) is 0 Å². The van der Waals surface area contributed by atoms with Gasteiger partial charge < -0.3 is 9.84 Å². The van der Waals surface area contributed by atoms with Crippen LogP contribution in [0.25, 0.3) is 0 Å². The normalized spacial score (nSPS) is 13.6. The largest absolute Gasteiger partial charge is 0.389 e. The summed E-state index contributed by atoms with van der Waals surface area (Å²) in [5.41, 5.74) is 1.45. The molecule has 0 aliphatic rings. The Labute approximate surface area is 104 Å². The zero-order chi connectivity index (χ0) is 13.6. The molecule has 0 saturated heterocycles. The van der Waals surface area contributed by atoms with E-state index in [0.29, 0.717) is 12.2 Å². The molecule has 0 amide bonds. The second-order valence-corrected chi connectivity index (χ2v) is 4.16. The maximum Gasteiger partial charge on any atom is 0.389 e. The van der Waals surface area contributed by atoms with Crippen LogP contribution in [0.3, 0.4) is 0 Å². The van der Waals surface area contributed by atoms with Crippen LogP contribution in [0.5, 0.6) is 0 Å². The Morgan fingerprint density at radius 2 is 1.94 bits per heavy atom. The van der Waals surface area contributed by atoms with Crippen molar-refractivity contribution in [3.8, 4) is 0 Å². The molecule has 0 bridgehead atoms. The second-order valence-electron chi connectivity index (χ2n) is 4.16. The van der Waals surface area contributed by atoms with E-state index in [2.05, 4.69) is 0 Å². The number of halogens is 3. The molecule has 102 valence electrons. The molecule has 18 heavy (non-hydrogen) atoms. The number of alkyl halides is 3. The molecular formula is C13H17F3O2. The van der Waals surface area contributed by atoms with E-state index in [1.807, 2.05) is 0 Å². The summed E-state index contributed by atoms with van der Waals surface area (Å²) in [6.07, 6.45) is -5.88. The van der Waals surface area contributed by atoms with Crippen molar-refractivity contribution in [3.05, 3.63) is 35.4 Å². The minimum atomic E-state index is -4.16. The molecule has 0 spiro atoms. The zero-order valence-corrected chi connectivity index (χ0v) is 10.2. The van der Waals surface area contributed by atoms with Crippen LogP contribution in [0.15, 0.2) is 24.3 Å². The van der Waals surface area contributed by atoms with E-state index in [-0.39, 0.29) is 12.8 Å². The van der Waals surface area contributed by atoms with Gasteiger partial charge in [0, 0.05) is 13.5 Å². The van der Waals surface area contributed by atoms with Crippen LogP contribution in [0.4, 0.5) is 13.2 Å². The lowest BCUT2D eigenvalue weighted by atomic mass is 9.99. The molecule has 1 N–H and O–H groups in total. The number of ether oxygens (including phenoxy) is 1. The molecular weight excluding hydrogens is 245 g/mol. The van der Waals surface area contributed by atoms with Gasteiger partial charge in [0.25, 0.3) is 0 Å². The van der Waals surface area contributed by atoms with Crippen LogP contribution in [0.1, 0.15) is 36.5 Å². The number of hydrogen-bond donors (Lipinski definition) is 1. The van der Waals surface area contributed by atoms with Gasteiger partial charge in [-0.1, -0.05) is 24.3 Å². The highest BCUT2D eigenvalue weighted by molar-refractivity contribution is 5.28. The van der Waals surface area contributed by atoms with Gasteiger partial charge >= 0.3 is 6.18 Å². The van der Waals surface area contributed by atoms with Crippen LogP contribution in [0, 0.1) is 0 Å². The minimum absolute atomic E-state index is 0.0774. The number of methoxy groups -OCH3 is 1. The third-order valence-electron chi connectivity index (χ3n) is 2.65. The van der Waals surface area contributed by atoms with Crippen molar-refractivity contribution >= 4 is 0 Å². The average molecular weight is 262 g/mol. The third kappa shape index (κ3) is 5.06. The van der Waals surface area contributed by atoms with E-state index in [0.717, 1.165) is 5.56 Å². The van der Waals surface area contributed by atoms with E-state index in [9.17, 15) is 18.3 Å². The van der Waals surface area contributed by atoms with Crippen LogP contribution in [-0.4, -0.2) is 18.4 Å². The lowest BCUT2D eigenvalue weighted by Crippen LogP contribution is -2.09.